The highest BCUT2D eigenvalue weighted by Crippen LogP contribution is 2.09. The fourth-order valence-corrected chi connectivity index (χ4v) is 1.57. The molecule has 0 aliphatic heterocycles. The number of carbonyl (C=O) groups excluding carboxylic acids is 3. The zero-order chi connectivity index (χ0) is 16.5. The van der Waals surface area contributed by atoms with E-state index in [1.165, 1.54) is 0 Å². The molecule has 0 aromatic rings. The Morgan fingerprint density at radius 3 is 2.33 bits per heavy atom. The molecule has 0 spiro atoms. The number of esters is 1. The lowest BCUT2D eigenvalue weighted by atomic mass is 10.2. The lowest BCUT2D eigenvalue weighted by Gasteiger charge is -2.22. The molecule has 0 aliphatic rings. The molecule has 0 unspecified atom stereocenters. The second-order valence-electron chi connectivity index (χ2n) is 5.65. The van der Waals surface area contributed by atoms with Crippen LogP contribution in [-0.2, 0) is 19.1 Å². The molecule has 0 aliphatic carbocycles. The van der Waals surface area contributed by atoms with Crippen molar-refractivity contribution in [2.75, 3.05) is 6.61 Å². The van der Waals surface area contributed by atoms with Crippen LogP contribution in [0.5, 0.6) is 0 Å². The molecule has 0 aromatic carbocycles. The lowest BCUT2D eigenvalue weighted by Crippen LogP contribution is -2.42. The van der Waals surface area contributed by atoms with E-state index in [1.54, 1.807) is 20.8 Å². The van der Waals surface area contributed by atoms with Crippen LogP contribution in [0.1, 0.15) is 53.4 Å². The zero-order valence-corrected chi connectivity index (χ0v) is 14.0. The maximum absolute atomic E-state index is 11.6. The Labute approximate surface area is 131 Å². The van der Waals surface area contributed by atoms with E-state index in [0.717, 1.165) is 12.8 Å². The molecular formula is C14H25NO5S. The molecule has 0 saturated heterocycles. The number of ether oxygens (including phenoxy) is 2. The van der Waals surface area contributed by atoms with Crippen LogP contribution in [0.15, 0.2) is 0 Å². The van der Waals surface area contributed by atoms with Gasteiger partial charge in [0.15, 0.2) is 0 Å². The second kappa shape index (κ2) is 9.65. The van der Waals surface area contributed by atoms with Crippen LogP contribution in [0.4, 0.5) is 4.79 Å². The van der Waals surface area contributed by atoms with Gasteiger partial charge in [-0.3, -0.25) is 9.59 Å². The Balaban J connectivity index is 4.23. The number of amides is 1. The van der Waals surface area contributed by atoms with Gasteiger partial charge in [0.05, 0.1) is 6.61 Å². The van der Waals surface area contributed by atoms with E-state index in [4.69, 9.17) is 9.47 Å². The van der Waals surface area contributed by atoms with Gasteiger partial charge in [0.1, 0.15) is 11.6 Å². The van der Waals surface area contributed by atoms with E-state index >= 15 is 0 Å². The number of thiol groups is 1. The van der Waals surface area contributed by atoms with Gasteiger partial charge >= 0.3 is 12.1 Å². The molecule has 0 bridgehead atoms. The molecule has 1 atom stereocenters. The normalized spacial score (nSPS) is 12.4. The van der Waals surface area contributed by atoms with Gasteiger partial charge < -0.3 is 14.8 Å². The van der Waals surface area contributed by atoms with Crippen molar-refractivity contribution in [2.24, 2.45) is 0 Å². The summed E-state index contributed by atoms with van der Waals surface area (Å²) in [5.41, 5.74) is -0.659. The Kier molecular flexibility index (Phi) is 9.08. The number of nitrogens with one attached hydrogen (secondary N) is 1. The Bertz CT molecular complexity index is 365. The molecule has 0 aromatic heterocycles. The van der Waals surface area contributed by atoms with Crippen molar-refractivity contribution >= 4 is 29.8 Å². The van der Waals surface area contributed by atoms with Crippen LogP contribution in [0, 0.1) is 0 Å². The number of alkyl carbamates (subject to hydrolysis) is 1. The Morgan fingerprint density at radius 2 is 1.86 bits per heavy atom. The lowest BCUT2D eigenvalue weighted by molar-refractivity contribution is -0.144. The zero-order valence-electron chi connectivity index (χ0n) is 13.1. The van der Waals surface area contributed by atoms with Crippen LogP contribution >= 0.6 is 12.6 Å². The van der Waals surface area contributed by atoms with Crippen molar-refractivity contribution in [3.8, 4) is 0 Å². The molecule has 0 heterocycles. The maximum atomic E-state index is 11.6. The van der Waals surface area contributed by atoms with E-state index in [-0.39, 0.29) is 12.8 Å². The maximum Gasteiger partial charge on any atom is 0.408 e. The summed E-state index contributed by atoms with van der Waals surface area (Å²) in [5, 5.41) is 1.88. The molecule has 122 valence electrons. The predicted molar refractivity (Wildman–Crippen MR) is 82.3 cm³/mol. The van der Waals surface area contributed by atoms with Gasteiger partial charge in [-0.1, -0.05) is 13.3 Å². The highest BCUT2D eigenvalue weighted by Gasteiger charge is 2.23. The largest absolute Gasteiger partial charge is 0.466 e. The standard InChI is InChI=1S/C14H25NO5S/c1-5-6-9-19-11(16)8-7-10(12(17)21)15-13(18)20-14(2,3)4/h10H,5-9H2,1-4H3,(H,15,18)(H,17,21)/t10-/m0/s1. The molecular weight excluding hydrogens is 294 g/mol. The van der Waals surface area contributed by atoms with Crippen molar-refractivity contribution in [1.82, 2.24) is 5.32 Å². The Hall–Kier alpha value is -1.24. The number of rotatable bonds is 8. The molecule has 0 radical (unpaired) electrons. The minimum absolute atomic E-state index is 0.0382. The van der Waals surface area contributed by atoms with Gasteiger partial charge in [-0.2, -0.15) is 0 Å². The minimum Gasteiger partial charge on any atom is -0.466 e. The molecule has 0 rings (SSSR count). The fraction of sp³-hybridized carbons (Fsp3) is 0.786. The third-order valence-corrected chi connectivity index (χ3v) is 2.70. The molecule has 1 amide bonds. The monoisotopic (exact) mass is 319 g/mol. The van der Waals surface area contributed by atoms with Crippen molar-refractivity contribution in [2.45, 2.75) is 65.0 Å². The van der Waals surface area contributed by atoms with Gasteiger partial charge in [-0.15, -0.1) is 12.6 Å². The molecule has 6 nitrogen and oxygen atoms in total. The van der Waals surface area contributed by atoms with Gasteiger partial charge in [-0.25, -0.2) is 4.79 Å². The van der Waals surface area contributed by atoms with E-state index in [1.807, 2.05) is 6.92 Å². The summed E-state index contributed by atoms with van der Waals surface area (Å²) < 4.78 is 10.0. The van der Waals surface area contributed by atoms with Crippen LogP contribution in [0.2, 0.25) is 0 Å². The predicted octanol–water partition coefficient (Wildman–Crippen LogP) is 2.46. The first-order chi connectivity index (χ1) is 9.65. The van der Waals surface area contributed by atoms with Gasteiger partial charge in [-0.05, 0) is 33.6 Å². The van der Waals surface area contributed by atoms with Crippen molar-refractivity contribution in [1.29, 1.82) is 0 Å². The summed E-state index contributed by atoms with van der Waals surface area (Å²) in [6, 6.07) is -0.873. The number of hydrogen-bond donors (Lipinski definition) is 2. The van der Waals surface area contributed by atoms with Crippen LogP contribution < -0.4 is 5.32 Å². The number of carbonyl (C=O) groups is 3. The average Bonchev–Trinajstić information content (AvgIpc) is 2.32. The molecule has 0 fully saturated rings. The van der Waals surface area contributed by atoms with E-state index in [0.29, 0.717) is 6.61 Å². The van der Waals surface area contributed by atoms with Crippen LogP contribution in [-0.4, -0.2) is 35.4 Å². The summed E-state index contributed by atoms with van der Waals surface area (Å²) in [6.07, 6.45) is 1.19. The highest BCUT2D eigenvalue weighted by molar-refractivity contribution is 7.96. The summed E-state index contributed by atoms with van der Waals surface area (Å²) in [4.78, 5) is 34.4. The summed E-state index contributed by atoms with van der Waals surface area (Å²) in [7, 11) is 0. The number of unbranched alkanes of at least 4 members (excludes halogenated alkanes) is 1. The van der Waals surface area contributed by atoms with Gasteiger partial charge in [0.2, 0.25) is 5.12 Å². The quantitative estimate of drug-likeness (QED) is 0.408. The SMILES string of the molecule is CCCCOC(=O)CC[C@H](NC(=O)OC(C)(C)C)C(=O)S. The molecule has 1 N–H and O–H groups in total. The minimum atomic E-state index is -0.873. The molecule has 7 heteroatoms. The smallest absolute Gasteiger partial charge is 0.408 e. The topological polar surface area (TPSA) is 81.7 Å². The Morgan fingerprint density at radius 1 is 1.24 bits per heavy atom. The first-order valence-electron chi connectivity index (χ1n) is 7.03. The van der Waals surface area contributed by atoms with Gasteiger partial charge in [0.25, 0.3) is 0 Å². The van der Waals surface area contributed by atoms with Crippen LogP contribution in [0.25, 0.3) is 0 Å². The van der Waals surface area contributed by atoms with E-state index in [2.05, 4.69) is 17.9 Å². The first-order valence-corrected chi connectivity index (χ1v) is 7.48. The highest BCUT2D eigenvalue weighted by atomic mass is 32.1. The van der Waals surface area contributed by atoms with Crippen molar-refractivity contribution in [3.05, 3.63) is 0 Å². The first kappa shape index (κ1) is 19.8. The summed E-state index contributed by atoms with van der Waals surface area (Å²) >= 11 is 3.71. The third kappa shape index (κ3) is 11.1. The average molecular weight is 319 g/mol. The van der Waals surface area contributed by atoms with Crippen molar-refractivity contribution < 1.29 is 23.9 Å². The fourth-order valence-electron chi connectivity index (χ4n) is 1.37. The molecule has 21 heavy (non-hydrogen) atoms. The second-order valence-corrected chi connectivity index (χ2v) is 6.09. The number of hydrogen-bond acceptors (Lipinski definition) is 5. The third-order valence-electron chi connectivity index (χ3n) is 2.39. The van der Waals surface area contributed by atoms with E-state index < -0.39 is 28.8 Å². The summed E-state index contributed by atoms with van der Waals surface area (Å²) in [5.74, 6) is -0.394. The van der Waals surface area contributed by atoms with Crippen LogP contribution in [0.3, 0.4) is 0 Å². The van der Waals surface area contributed by atoms with Crippen molar-refractivity contribution in [3.63, 3.8) is 0 Å². The van der Waals surface area contributed by atoms with Gasteiger partial charge in [0, 0.05) is 6.42 Å². The summed E-state index contributed by atoms with van der Waals surface area (Å²) in [6.45, 7) is 7.52. The van der Waals surface area contributed by atoms with E-state index in [9.17, 15) is 14.4 Å². The molecule has 0 saturated carbocycles.